The van der Waals surface area contributed by atoms with Gasteiger partial charge in [0.2, 0.25) is 0 Å². The number of carbonyl (C=O) groups is 1. The summed E-state index contributed by atoms with van der Waals surface area (Å²) in [6.45, 7) is 0. The summed E-state index contributed by atoms with van der Waals surface area (Å²) in [4.78, 5) is 11.5. The first-order valence-corrected chi connectivity index (χ1v) is 7.07. The summed E-state index contributed by atoms with van der Waals surface area (Å²) in [5.41, 5.74) is -0.989. The maximum Gasteiger partial charge on any atom is 0.462 e. The highest BCUT2D eigenvalue weighted by Gasteiger charge is 2.79. The van der Waals surface area contributed by atoms with Crippen LogP contribution in [-0.2, 0) is 9.53 Å². The Morgan fingerprint density at radius 1 is 0.821 bits per heavy atom. The van der Waals surface area contributed by atoms with Gasteiger partial charge in [-0.15, -0.1) is 0 Å². The standard InChI is InChI=1S/C12H4Cl2F11NO2/c13-4-2-1-3-5(14)6(4)26-7(27)8(15,10(18,19)20)28-12(24,25)9(16,17)11(21,22)23/h1-3H,(H,26,27)/t8-/m1/s1. The van der Waals surface area contributed by atoms with Gasteiger partial charge in [-0.3, -0.25) is 9.53 Å². The van der Waals surface area contributed by atoms with E-state index in [9.17, 15) is 53.1 Å². The number of nitrogens with one attached hydrogen (secondary N) is 1. The van der Waals surface area contributed by atoms with Gasteiger partial charge in [0, 0.05) is 0 Å². The number of hydrogen-bond donors (Lipinski definition) is 1. The Balaban J connectivity index is 3.39. The second-order valence-electron chi connectivity index (χ2n) is 4.83. The zero-order valence-electron chi connectivity index (χ0n) is 12.5. The number of alkyl halides is 11. The molecule has 1 amide bonds. The molecule has 1 aromatic rings. The molecule has 0 bridgehead atoms. The normalized spacial score (nSPS) is 15.9. The van der Waals surface area contributed by atoms with Gasteiger partial charge in [0.1, 0.15) is 0 Å². The van der Waals surface area contributed by atoms with Crippen molar-refractivity contribution >= 4 is 34.8 Å². The maximum atomic E-state index is 14.0. The van der Waals surface area contributed by atoms with Gasteiger partial charge < -0.3 is 5.32 Å². The Morgan fingerprint density at radius 2 is 1.25 bits per heavy atom. The van der Waals surface area contributed by atoms with Crippen molar-refractivity contribution in [3.05, 3.63) is 28.2 Å². The van der Waals surface area contributed by atoms with Gasteiger partial charge >= 0.3 is 30.2 Å². The van der Waals surface area contributed by atoms with Crippen molar-refractivity contribution in [3.63, 3.8) is 0 Å². The van der Waals surface area contributed by atoms with Crippen LogP contribution >= 0.6 is 23.2 Å². The first-order valence-electron chi connectivity index (χ1n) is 6.31. The lowest BCUT2D eigenvalue weighted by Gasteiger charge is -2.34. The van der Waals surface area contributed by atoms with Crippen molar-refractivity contribution < 1.29 is 57.8 Å². The van der Waals surface area contributed by atoms with Crippen molar-refractivity contribution in [2.24, 2.45) is 0 Å². The molecule has 0 aliphatic rings. The van der Waals surface area contributed by atoms with E-state index in [1.807, 2.05) is 0 Å². The number of hydrogen-bond acceptors (Lipinski definition) is 2. The number of carbonyl (C=O) groups excluding carboxylic acids is 1. The van der Waals surface area contributed by atoms with E-state index in [0.717, 1.165) is 23.5 Å². The summed E-state index contributed by atoms with van der Waals surface area (Å²) in [5.74, 6) is -16.9. The first-order chi connectivity index (χ1) is 12.3. The summed E-state index contributed by atoms with van der Waals surface area (Å²) < 4.78 is 142. The van der Waals surface area contributed by atoms with Gasteiger partial charge in [-0.2, -0.15) is 48.3 Å². The molecule has 0 aromatic heterocycles. The van der Waals surface area contributed by atoms with Gasteiger partial charge in [-0.25, -0.2) is 0 Å². The van der Waals surface area contributed by atoms with Crippen LogP contribution < -0.4 is 5.32 Å². The van der Waals surface area contributed by atoms with Crippen LogP contribution in [0.5, 0.6) is 0 Å². The number of ether oxygens (including phenoxy) is 1. The molecular weight excluding hydrogens is 470 g/mol. The fraction of sp³-hybridized carbons (Fsp3) is 0.417. The maximum absolute atomic E-state index is 14.0. The minimum absolute atomic E-state index is 0.655. The SMILES string of the molecule is O=C(Nc1c(Cl)cccc1Cl)[C@@](F)(OC(F)(F)C(F)(F)C(F)(F)F)C(F)(F)F. The topological polar surface area (TPSA) is 38.3 Å². The summed E-state index contributed by atoms with van der Waals surface area (Å²) in [6.07, 6.45) is -21.1. The molecule has 1 N–H and O–H groups in total. The molecule has 1 aromatic carbocycles. The fourth-order valence-corrected chi connectivity index (χ4v) is 1.94. The van der Waals surface area contributed by atoms with E-state index in [-0.39, 0.29) is 0 Å². The van der Waals surface area contributed by atoms with Crippen molar-refractivity contribution in [2.75, 3.05) is 5.32 Å². The molecule has 0 radical (unpaired) electrons. The molecule has 0 fully saturated rings. The minimum atomic E-state index is -7.29. The van der Waals surface area contributed by atoms with Crippen LogP contribution in [0.2, 0.25) is 10.0 Å². The summed E-state index contributed by atoms with van der Waals surface area (Å²) in [5, 5.41) is -0.354. The van der Waals surface area contributed by atoms with E-state index in [2.05, 4.69) is 4.74 Å². The molecule has 160 valence electrons. The van der Waals surface area contributed by atoms with Crippen LogP contribution in [0, 0.1) is 0 Å². The molecule has 1 rings (SSSR count). The Kier molecular flexibility index (Phi) is 6.45. The number of halogens is 13. The molecular formula is C12H4Cl2F11NO2. The molecule has 0 heterocycles. The molecule has 0 saturated heterocycles. The lowest BCUT2D eigenvalue weighted by Crippen LogP contribution is -2.62. The van der Waals surface area contributed by atoms with Gasteiger partial charge in [-0.1, -0.05) is 29.3 Å². The molecule has 0 saturated carbocycles. The Labute approximate surface area is 157 Å². The predicted octanol–water partition coefficient (Wildman–Crippen LogP) is 5.97. The zero-order chi connectivity index (χ0) is 22.3. The van der Waals surface area contributed by atoms with Crippen LogP contribution in [0.3, 0.4) is 0 Å². The van der Waals surface area contributed by atoms with Gasteiger partial charge in [0.05, 0.1) is 15.7 Å². The second-order valence-corrected chi connectivity index (χ2v) is 5.65. The number of rotatable bonds is 5. The zero-order valence-corrected chi connectivity index (χ0v) is 14.0. The number of amides is 1. The van der Waals surface area contributed by atoms with Crippen LogP contribution in [0.15, 0.2) is 18.2 Å². The van der Waals surface area contributed by atoms with E-state index in [1.165, 1.54) is 0 Å². The summed E-state index contributed by atoms with van der Waals surface area (Å²) >= 11 is 10.9. The Morgan fingerprint density at radius 3 is 1.61 bits per heavy atom. The van der Waals surface area contributed by atoms with Gasteiger partial charge in [-0.05, 0) is 12.1 Å². The molecule has 16 heteroatoms. The highest BCUT2D eigenvalue weighted by molar-refractivity contribution is 6.39. The Bertz CT molecular complexity index is 730. The average molecular weight is 474 g/mol. The largest absolute Gasteiger partial charge is 0.462 e. The third-order valence-corrected chi connectivity index (χ3v) is 3.48. The molecule has 0 unspecified atom stereocenters. The van der Waals surface area contributed by atoms with Gasteiger partial charge in [0.15, 0.2) is 0 Å². The summed E-state index contributed by atoms with van der Waals surface area (Å²) in [7, 11) is 0. The molecule has 0 spiro atoms. The minimum Gasteiger partial charge on any atom is -0.318 e. The van der Waals surface area contributed by atoms with E-state index in [0.29, 0.717) is 0 Å². The highest BCUT2D eigenvalue weighted by atomic mass is 35.5. The van der Waals surface area contributed by atoms with Crippen molar-refractivity contribution in [2.45, 2.75) is 30.2 Å². The van der Waals surface area contributed by atoms with Crippen molar-refractivity contribution in [1.29, 1.82) is 0 Å². The number of anilines is 1. The first kappa shape index (κ1) is 24.5. The van der Waals surface area contributed by atoms with E-state index >= 15 is 0 Å². The van der Waals surface area contributed by atoms with Crippen molar-refractivity contribution in [1.82, 2.24) is 0 Å². The molecule has 3 nitrogen and oxygen atoms in total. The van der Waals surface area contributed by atoms with Gasteiger partial charge in [0.25, 0.3) is 5.91 Å². The van der Waals surface area contributed by atoms with E-state index in [4.69, 9.17) is 23.2 Å². The quantitative estimate of drug-likeness (QED) is 0.535. The van der Waals surface area contributed by atoms with Crippen LogP contribution in [0.1, 0.15) is 0 Å². The predicted molar refractivity (Wildman–Crippen MR) is 72.0 cm³/mol. The lowest BCUT2D eigenvalue weighted by molar-refractivity contribution is -0.472. The second kappa shape index (κ2) is 7.37. The Hall–Kier alpha value is -1.54. The molecule has 1 atom stereocenters. The summed E-state index contributed by atoms with van der Waals surface area (Å²) in [6, 6.07) is 2.84. The van der Waals surface area contributed by atoms with E-state index in [1.54, 1.807) is 0 Å². The van der Waals surface area contributed by atoms with E-state index < -0.39 is 51.9 Å². The number of para-hydroxylation sites is 1. The third kappa shape index (κ3) is 4.38. The van der Waals surface area contributed by atoms with Crippen LogP contribution in [0.25, 0.3) is 0 Å². The highest BCUT2D eigenvalue weighted by Crippen LogP contribution is 2.51. The lowest BCUT2D eigenvalue weighted by atomic mass is 10.2. The van der Waals surface area contributed by atoms with Crippen molar-refractivity contribution in [3.8, 4) is 0 Å². The fourth-order valence-electron chi connectivity index (χ4n) is 1.45. The molecule has 0 aliphatic heterocycles. The smallest absolute Gasteiger partial charge is 0.318 e. The molecule has 0 aliphatic carbocycles. The number of benzene rings is 1. The monoisotopic (exact) mass is 473 g/mol. The van der Waals surface area contributed by atoms with Crippen LogP contribution in [-0.4, -0.2) is 36.1 Å². The average Bonchev–Trinajstić information content (AvgIpc) is 2.47. The third-order valence-electron chi connectivity index (χ3n) is 2.85. The molecule has 28 heavy (non-hydrogen) atoms. The van der Waals surface area contributed by atoms with Crippen LogP contribution in [0.4, 0.5) is 54.0 Å².